The second-order valence-electron chi connectivity index (χ2n) is 4.22. The smallest absolute Gasteiger partial charge is 0.160 e. The average Bonchev–Trinajstić information content (AvgIpc) is 2.46. The molecule has 4 atom stereocenters. The highest BCUT2D eigenvalue weighted by atomic mass is 16.7. The number of aliphatic hydroxyl groups is 1. The molecule has 0 radical (unpaired) electrons. The third-order valence-electron chi connectivity index (χ3n) is 2.81. The van der Waals surface area contributed by atoms with Crippen LogP contribution < -0.4 is 0 Å². The third kappa shape index (κ3) is 4.07. The molecule has 0 aromatic heterocycles. The van der Waals surface area contributed by atoms with Crippen LogP contribution in [0.4, 0.5) is 0 Å². The zero-order valence-corrected chi connectivity index (χ0v) is 9.97. The normalized spacial score (nSPS) is 35.4. The fourth-order valence-corrected chi connectivity index (χ4v) is 1.36. The van der Waals surface area contributed by atoms with Crippen molar-refractivity contribution < 1.29 is 19.3 Å². The van der Waals surface area contributed by atoms with Crippen LogP contribution in [0.2, 0.25) is 0 Å². The van der Waals surface area contributed by atoms with E-state index in [1.807, 2.05) is 20.8 Å². The Kier molecular flexibility index (Phi) is 4.99. The molecule has 1 rings (SSSR count). The van der Waals surface area contributed by atoms with Crippen molar-refractivity contribution in [1.29, 1.82) is 0 Å². The maximum atomic E-state index is 9.21. The van der Waals surface area contributed by atoms with Crippen molar-refractivity contribution in [2.24, 2.45) is 0 Å². The zero-order valence-electron chi connectivity index (χ0n) is 9.97. The molecule has 0 aromatic rings. The van der Waals surface area contributed by atoms with E-state index >= 15 is 0 Å². The third-order valence-corrected chi connectivity index (χ3v) is 2.81. The molecule has 1 aliphatic rings. The Balaban J connectivity index is 2.11. The van der Waals surface area contributed by atoms with Gasteiger partial charge in [-0.2, -0.15) is 0 Å². The van der Waals surface area contributed by atoms with Gasteiger partial charge >= 0.3 is 0 Å². The topological polar surface area (TPSA) is 47.9 Å². The van der Waals surface area contributed by atoms with E-state index in [4.69, 9.17) is 14.2 Å². The molecule has 0 spiro atoms. The van der Waals surface area contributed by atoms with Crippen molar-refractivity contribution >= 4 is 0 Å². The molecule has 90 valence electrons. The van der Waals surface area contributed by atoms with Gasteiger partial charge in [0.15, 0.2) is 6.29 Å². The van der Waals surface area contributed by atoms with Gasteiger partial charge in [0.05, 0.1) is 31.0 Å². The summed E-state index contributed by atoms with van der Waals surface area (Å²) in [5.74, 6) is 0. The maximum Gasteiger partial charge on any atom is 0.160 e. The molecule has 4 nitrogen and oxygen atoms in total. The van der Waals surface area contributed by atoms with Crippen LogP contribution in [0.15, 0.2) is 0 Å². The van der Waals surface area contributed by atoms with E-state index in [1.54, 1.807) is 6.92 Å². The summed E-state index contributed by atoms with van der Waals surface area (Å²) in [6.45, 7) is 8.13. The number of aliphatic hydroxyl groups excluding tert-OH is 1. The van der Waals surface area contributed by atoms with Gasteiger partial charge in [-0.3, -0.25) is 0 Å². The van der Waals surface area contributed by atoms with Gasteiger partial charge in [-0.15, -0.1) is 0 Å². The van der Waals surface area contributed by atoms with Gasteiger partial charge in [-0.05, 0) is 27.7 Å². The van der Waals surface area contributed by atoms with Crippen molar-refractivity contribution in [2.75, 3.05) is 6.61 Å². The Morgan fingerprint density at radius 3 is 2.20 bits per heavy atom. The molecule has 0 amide bonds. The minimum atomic E-state index is -0.437. The van der Waals surface area contributed by atoms with E-state index in [-0.39, 0.29) is 24.6 Å². The summed E-state index contributed by atoms with van der Waals surface area (Å²) in [6, 6.07) is 0. The highest BCUT2D eigenvalue weighted by Gasteiger charge is 2.29. The number of ether oxygens (including phenoxy) is 3. The summed E-state index contributed by atoms with van der Waals surface area (Å²) in [4.78, 5) is 0. The highest BCUT2D eigenvalue weighted by molar-refractivity contribution is 4.69. The van der Waals surface area contributed by atoms with Crippen molar-refractivity contribution in [3.63, 3.8) is 0 Å². The van der Waals surface area contributed by atoms with Crippen LogP contribution in [-0.2, 0) is 14.2 Å². The Morgan fingerprint density at radius 1 is 1.20 bits per heavy atom. The number of hydrogen-bond acceptors (Lipinski definition) is 4. The molecule has 1 saturated heterocycles. The standard InChI is InChI=1S/C11H22O4/c1-7(12)8(2)13-6-5-11-14-9(3)10(4)15-11/h7-12H,5-6H2,1-4H3. The van der Waals surface area contributed by atoms with Crippen LogP contribution in [0.5, 0.6) is 0 Å². The first-order valence-electron chi connectivity index (χ1n) is 5.61. The molecule has 0 saturated carbocycles. The first-order valence-corrected chi connectivity index (χ1v) is 5.61. The molecular formula is C11H22O4. The van der Waals surface area contributed by atoms with E-state index in [0.29, 0.717) is 13.0 Å². The minimum Gasteiger partial charge on any atom is -0.391 e. The Labute approximate surface area is 91.5 Å². The lowest BCUT2D eigenvalue weighted by Crippen LogP contribution is -2.24. The molecule has 1 N–H and O–H groups in total. The van der Waals surface area contributed by atoms with Crippen molar-refractivity contribution in [3.8, 4) is 0 Å². The minimum absolute atomic E-state index is 0.138. The Morgan fingerprint density at radius 2 is 1.73 bits per heavy atom. The average molecular weight is 218 g/mol. The fraction of sp³-hybridized carbons (Fsp3) is 1.00. The van der Waals surface area contributed by atoms with E-state index in [0.717, 1.165) is 0 Å². The summed E-state index contributed by atoms with van der Waals surface area (Å²) < 4.78 is 16.5. The second-order valence-corrected chi connectivity index (χ2v) is 4.22. The van der Waals surface area contributed by atoms with E-state index < -0.39 is 6.10 Å². The van der Waals surface area contributed by atoms with Crippen molar-refractivity contribution in [2.45, 2.75) is 64.8 Å². The first-order chi connectivity index (χ1) is 7.00. The predicted molar refractivity (Wildman–Crippen MR) is 56.6 cm³/mol. The molecule has 0 bridgehead atoms. The molecule has 15 heavy (non-hydrogen) atoms. The lowest BCUT2D eigenvalue weighted by molar-refractivity contribution is -0.0937. The van der Waals surface area contributed by atoms with Gasteiger partial charge in [-0.25, -0.2) is 0 Å². The van der Waals surface area contributed by atoms with E-state index in [9.17, 15) is 5.11 Å². The fourth-order valence-electron chi connectivity index (χ4n) is 1.36. The van der Waals surface area contributed by atoms with Gasteiger partial charge < -0.3 is 19.3 Å². The molecule has 0 aromatic carbocycles. The van der Waals surface area contributed by atoms with Crippen molar-refractivity contribution in [3.05, 3.63) is 0 Å². The van der Waals surface area contributed by atoms with Crippen LogP contribution in [0, 0.1) is 0 Å². The van der Waals surface area contributed by atoms with Gasteiger partial charge in [-0.1, -0.05) is 0 Å². The van der Waals surface area contributed by atoms with Gasteiger partial charge in [0.25, 0.3) is 0 Å². The predicted octanol–water partition coefficient (Wildman–Crippen LogP) is 1.31. The lowest BCUT2D eigenvalue weighted by atomic mass is 10.2. The zero-order chi connectivity index (χ0) is 11.4. The van der Waals surface area contributed by atoms with Crippen LogP contribution in [0.1, 0.15) is 34.1 Å². The molecule has 1 fully saturated rings. The van der Waals surface area contributed by atoms with Crippen LogP contribution in [-0.4, -0.2) is 42.4 Å². The van der Waals surface area contributed by atoms with Gasteiger partial charge in [0.1, 0.15) is 0 Å². The SMILES string of the molecule is CC(O)C(C)OCCC1OC(C)C(C)O1. The maximum absolute atomic E-state index is 9.21. The van der Waals surface area contributed by atoms with E-state index in [1.165, 1.54) is 0 Å². The molecule has 0 aliphatic carbocycles. The number of rotatable bonds is 5. The monoisotopic (exact) mass is 218 g/mol. The Bertz CT molecular complexity index is 173. The van der Waals surface area contributed by atoms with Crippen LogP contribution in [0.3, 0.4) is 0 Å². The quantitative estimate of drug-likeness (QED) is 0.756. The lowest BCUT2D eigenvalue weighted by Gasteiger charge is -2.17. The molecule has 1 heterocycles. The van der Waals surface area contributed by atoms with Crippen molar-refractivity contribution in [1.82, 2.24) is 0 Å². The highest BCUT2D eigenvalue weighted by Crippen LogP contribution is 2.20. The van der Waals surface area contributed by atoms with Gasteiger partial charge in [0.2, 0.25) is 0 Å². The molecule has 1 aliphatic heterocycles. The molecular weight excluding hydrogens is 196 g/mol. The number of hydrogen-bond donors (Lipinski definition) is 1. The van der Waals surface area contributed by atoms with Crippen LogP contribution >= 0.6 is 0 Å². The molecule has 4 unspecified atom stereocenters. The summed E-state index contributed by atoms with van der Waals surface area (Å²) in [5, 5.41) is 9.21. The summed E-state index contributed by atoms with van der Waals surface area (Å²) in [5.41, 5.74) is 0. The van der Waals surface area contributed by atoms with Gasteiger partial charge in [0, 0.05) is 6.42 Å². The Hall–Kier alpha value is -0.160. The van der Waals surface area contributed by atoms with Crippen LogP contribution in [0.25, 0.3) is 0 Å². The largest absolute Gasteiger partial charge is 0.391 e. The van der Waals surface area contributed by atoms with E-state index in [2.05, 4.69) is 0 Å². The summed E-state index contributed by atoms with van der Waals surface area (Å²) in [7, 11) is 0. The summed E-state index contributed by atoms with van der Waals surface area (Å²) >= 11 is 0. The first kappa shape index (κ1) is 12.9. The summed E-state index contributed by atoms with van der Waals surface area (Å²) in [6.07, 6.45) is 0.297. The molecule has 4 heteroatoms. The second kappa shape index (κ2) is 5.80.